The number of nitrogens with zero attached hydrogens (tertiary/aromatic N) is 1. The summed E-state index contributed by atoms with van der Waals surface area (Å²) >= 11 is 0. The molecule has 0 unspecified atom stereocenters. The molecule has 1 heteroatoms. The second-order valence-electron chi connectivity index (χ2n) is 24.1. The average molecular weight is 1140 g/mol. The lowest BCUT2D eigenvalue weighted by Crippen LogP contribution is -2.25. The normalized spacial score (nSPS) is 12.5. The van der Waals surface area contributed by atoms with E-state index in [1.165, 1.54) is 210 Å². The summed E-state index contributed by atoms with van der Waals surface area (Å²) in [4.78, 5) is 2.43. The van der Waals surface area contributed by atoms with E-state index in [-0.39, 0.29) is 55.4 Å². The molecule has 0 amide bonds. The third-order valence-electron chi connectivity index (χ3n) is 18.4. The van der Waals surface area contributed by atoms with E-state index < -0.39 is 0 Å². The zero-order valence-electron chi connectivity index (χ0n) is 49.3. The van der Waals surface area contributed by atoms with Crippen LogP contribution in [0.3, 0.4) is 0 Å². The van der Waals surface area contributed by atoms with Crippen LogP contribution in [-0.4, -0.2) is 0 Å². The number of unbranched alkanes of at least 4 members (excludes halogenated alkanes) is 18. The van der Waals surface area contributed by atoms with E-state index in [9.17, 15) is 0 Å². The molecule has 0 heterocycles. The van der Waals surface area contributed by atoms with E-state index in [2.05, 4.69) is 210 Å². The zero-order chi connectivity index (χ0) is 54.9. The molecule has 9 rings (SSSR count). The van der Waals surface area contributed by atoms with Gasteiger partial charge in [-0.3, -0.25) is 0 Å². The average Bonchev–Trinajstić information content (AvgIpc) is 1.62. The van der Waals surface area contributed by atoms with Gasteiger partial charge in [-0.25, -0.2) is 0 Å². The molecule has 85 heavy (non-hydrogen) atoms. The Kier molecular flexibility index (Phi) is 31.0. The molecule has 2 aliphatic carbocycles. The summed E-state index contributed by atoms with van der Waals surface area (Å²) in [6.07, 6.45) is 37.3. The highest BCUT2D eigenvalue weighted by atomic mass is 15.1. The first-order valence-corrected chi connectivity index (χ1v) is 31.6. The van der Waals surface area contributed by atoms with Crippen molar-refractivity contribution in [2.24, 2.45) is 0 Å². The third kappa shape index (κ3) is 17.1. The van der Waals surface area contributed by atoms with E-state index in [1.54, 1.807) is 22.3 Å². The Labute approximate surface area is 524 Å². The van der Waals surface area contributed by atoms with Gasteiger partial charge in [0.2, 0.25) is 0 Å². The fourth-order valence-electron chi connectivity index (χ4n) is 14.1. The van der Waals surface area contributed by atoms with Gasteiger partial charge in [0.15, 0.2) is 0 Å². The second-order valence-corrected chi connectivity index (χ2v) is 24.1. The molecule has 0 spiro atoms. The largest absolute Gasteiger partial charge is 0.311 e. The lowest BCUT2D eigenvalue weighted by atomic mass is 9.70. The van der Waals surface area contributed by atoms with E-state index in [1.807, 2.05) is 0 Å². The predicted octanol–water partition coefficient (Wildman–Crippen LogP) is 28.0. The lowest BCUT2D eigenvalue weighted by Gasteiger charge is -2.33. The van der Waals surface area contributed by atoms with Gasteiger partial charge in [-0.2, -0.15) is 0 Å². The fraction of sp³-hybridized carbons (Fsp3) is 0.452. The molecule has 0 N–H and O–H groups in total. The maximum Gasteiger partial charge on any atom is 0.0462 e. The number of hydrogen-bond acceptors (Lipinski definition) is 1. The topological polar surface area (TPSA) is 3.24 Å². The van der Waals surface area contributed by atoms with Crippen molar-refractivity contribution in [3.8, 4) is 44.5 Å². The Morgan fingerprint density at radius 2 is 0.612 bits per heavy atom. The highest BCUT2D eigenvalue weighted by Crippen LogP contribution is 2.57. The van der Waals surface area contributed by atoms with Gasteiger partial charge < -0.3 is 4.90 Å². The maximum absolute atomic E-state index is 3.99. The van der Waals surface area contributed by atoms with Gasteiger partial charge in [0, 0.05) is 27.9 Å². The summed E-state index contributed by atoms with van der Waals surface area (Å²) in [5.74, 6) is 0. The molecular formula is C84H119N. The highest BCUT2D eigenvalue weighted by Gasteiger charge is 2.44. The van der Waals surface area contributed by atoms with Gasteiger partial charge in [0.25, 0.3) is 0 Å². The van der Waals surface area contributed by atoms with Crippen molar-refractivity contribution in [3.05, 3.63) is 210 Å². The van der Waals surface area contributed by atoms with Gasteiger partial charge in [0.05, 0.1) is 0 Å². The molecule has 460 valence electrons. The highest BCUT2D eigenvalue weighted by molar-refractivity contribution is 5.87. The van der Waals surface area contributed by atoms with Crippen LogP contribution in [0.2, 0.25) is 0 Å². The van der Waals surface area contributed by atoms with Gasteiger partial charge in [0.1, 0.15) is 0 Å². The first-order chi connectivity index (χ1) is 38.8. The Bertz CT molecular complexity index is 3000. The molecule has 2 aliphatic rings. The van der Waals surface area contributed by atoms with Crippen LogP contribution in [0.1, 0.15) is 259 Å². The number of benzene rings is 7. The van der Waals surface area contributed by atoms with Gasteiger partial charge in [-0.15, -0.1) is 13.2 Å². The number of allylic oxidation sites excluding steroid dienone is 2. The van der Waals surface area contributed by atoms with Crippen molar-refractivity contribution >= 4 is 17.1 Å². The summed E-state index contributed by atoms with van der Waals surface area (Å²) < 4.78 is 0. The number of hydrogen-bond donors (Lipinski definition) is 0. The zero-order valence-corrected chi connectivity index (χ0v) is 49.3. The predicted molar refractivity (Wildman–Crippen MR) is 386 cm³/mol. The summed E-state index contributed by atoms with van der Waals surface area (Å²) in [5, 5.41) is 0. The Hall–Kier alpha value is -6.18. The van der Waals surface area contributed by atoms with E-state index in [0.29, 0.717) is 0 Å². The van der Waals surface area contributed by atoms with Crippen molar-refractivity contribution in [2.45, 2.75) is 250 Å². The monoisotopic (exact) mass is 1140 g/mol. The number of fused-ring (bicyclic) bond motifs is 6. The fourth-order valence-corrected chi connectivity index (χ4v) is 14.1. The van der Waals surface area contributed by atoms with Crippen LogP contribution < -0.4 is 4.90 Å². The quantitative estimate of drug-likeness (QED) is 0.0293. The third-order valence-corrected chi connectivity index (χ3v) is 18.4. The lowest BCUT2D eigenvalue weighted by molar-refractivity contribution is 0.398. The first kappa shape index (κ1) is 73.1. The number of anilines is 3. The van der Waals surface area contributed by atoms with Crippen molar-refractivity contribution in [1.29, 1.82) is 0 Å². The van der Waals surface area contributed by atoms with Crippen molar-refractivity contribution in [3.63, 3.8) is 0 Å². The van der Waals surface area contributed by atoms with Crippen molar-refractivity contribution in [2.75, 3.05) is 4.90 Å². The Morgan fingerprint density at radius 1 is 0.318 bits per heavy atom. The SMILES string of the molecule is C.C.C.C.C.C.C=CCCCCCCC1(CCCCCCC=C)c2cc(C)ccc2-c2ccc(-c3ccc(N(c4ccccc4)c4ccc(-c5ccc6c(c5)C(CCCCCCCC)(CCCCCCCC)c5cc(C)ccc5-6)cc4)cc3)cc21. The molecule has 0 fully saturated rings. The second kappa shape index (κ2) is 36.1. The summed E-state index contributed by atoms with van der Waals surface area (Å²) in [7, 11) is 0. The molecule has 0 saturated carbocycles. The summed E-state index contributed by atoms with van der Waals surface area (Å²) in [5.41, 5.74) is 23.6. The van der Waals surface area contributed by atoms with Gasteiger partial charge in [-0.05, 0) is 181 Å². The van der Waals surface area contributed by atoms with Crippen LogP contribution >= 0.6 is 0 Å². The van der Waals surface area contributed by atoms with Crippen LogP contribution in [0.15, 0.2) is 177 Å². The number of para-hydroxylation sites is 1. The van der Waals surface area contributed by atoms with Gasteiger partial charge >= 0.3 is 0 Å². The summed E-state index contributed by atoms with van der Waals surface area (Å²) in [6.45, 7) is 17.2. The van der Waals surface area contributed by atoms with Crippen LogP contribution in [0.5, 0.6) is 0 Å². The van der Waals surface area contributed by atoms with Crippen LogP contribution in [0.4, 0.5) is 17.1 Å². The molecule has 7 aromatic carbocycles. The minimum Gasteiger partial charge on any atom is -0.311 e. The molecule has 0 aliphatic heterocycles. The molecule has 1 nitrogen and oxygen atoms in total. The smallest absolute Gasteiger partial charge is 0.0462 e. The van der Waals surface area contributed by atoms with E-state index >= 15 is 0 Å². The van der Waals surface area contributed by atoms with Crippen molar-refractivity contribution < 1.29 is 0 Å². The van der Waals surface area contributed by atoms with Crippen LogP contribution in [0, 0.1) is 13.8 Å². The molecule has 0 radical (unpaired) electrons. The maximum atomic E-state index is 3.99. The van der Waals surface area contributed by atoms with E-state index in [4.69, 9.17) is 0 Å². The number of rotatable bonds is 33. The Balaban J connectivity index is 0.00000315. The van der Waals surface area contributed by atoms with Crippen LogP contribution in [0.25, 0.3) is 44.5 Å². The summed E-state index contributed by atoms with van der Waals surface area (Å²) in [6, 6.07) is 59.3. The molecule has 0 bridgehead atoms. The van der Waals surface area contributed by atoms with E-state index in [0.717, 1.165) is 29.9 Å². The minimum atomic E-state index is 0. The first-order valence-electron chi connectivity index (χ1n) is 31.6. The minimum absolute atomic E-state index is 0. The van der Waals surface area contributed by atoms with Gasteiger partial charge in [-0.1, -0.05) is 300 Å². The number of aryl methyl sites for hydroxylation is 2. The molecule has 0 aromatic heterocycles. The van der Waals surface area contributed by atoms with Crippen molar-refractivity contribution in [1.82, 2.24) is 0 Å². The standard InChI is InChI=1S/C78H95N.6CH4/c1-7-11-15-19-23-30-52-77(53-31-24-20-16-12-8-2)73-56-60(5)36-48-69(73)71-50-42-64(58-75(71)77)62-38-44-67(45-39-62)79(66-34-28-27-29-35-66)68-46-40-63(41-47-68)65-43-51-72-70-49-37-61(6)57-74(70)78(76(72)59-65,54-32-25-21-17-13-9-3)55-33-26-22-18-14-10-4;;;;;;/h7-8,27-29,34-51,56-59H,1-2,9-26,30-33,52-55H2,3-6H3;6*1H4. The molecular weight excluding hydrogens is 1020 g/mol. The molecule has 0 atom stereocenters. The Morgan fingerprint density at radius 3 is 0.965 bits per heavy atom. The molecule has 0 saturated heterocycles. The molecule has 7 aromatic rings. The van der Waals surface area contributed by atoms with Crippen LogP contribution in [-0.2, 0) is 10.8 Å².